The molecule has 0 unspecified atom stereocenters. The molecule has 0 bridgehead atoms. The Morgan fingerprint density at radius 1 is 1.26 bits per heavy atom. The van der Waals surface area contributed by atoms with Crippen LogP contribution in [0.15, 0.2) is 18.2 Å². The van der Waals surface area contributed by atoms with E-state index in [9.17, 15) is 4.79 Å². The molecule has 0 saturated carbocycles. The Kier molecular flexibility index (Phi) is 2.70. The molecule has 0 spiro atoms. The molecular formula is C13H14N4O2. The molecule has 2 aromatic rings. The number of hydrogen-bond acceptors (Lipinski definition) is 5. The quantitative estimate of drug-likeness (QED) is 0.848. The Morgan fingerprint density at radius 2 is 2.00 bits per heavy atom. The molecule has 1 fully saturated rings. The predicted octanol–water partition coefficient (Wildman–Crippen LogP) is 1.51. The molecule has 0 radical (unpaired) electrons. The van der Waals surface area contributed by atoms with Crippen LogP contribution in [0.1, 0.15) is 23.2 Å². The van der Waals surface area contributed by atoms with E-state index in [1.165, 1.54) is 6.07 Å². The molecule has 2 heterocycles. The zero-order valence-corrected chi connectivity index (χ0v) is 10.3. The summed E-state index contributed by atoms with van der Waals surface area (Å²) in [5.41, 5.74) is 7.11. The highest BCUT2D eigenvalue weighted by Crippen LogP contribution is 2.30. The van der Waals surface area contributed by atoms with Crippen molar-refractivity contribution in [2.75, 3.05) is 23.7 Å². The van der Waals surface area contributed by atoms with Crippen LogP contribution in [0.5, 0.6) is 0 Å². The van der Waals surface area contributed by atoms with Gasteiger partial charge in [0.25, 0.3) is 0 Å². The van der Waals surface area contributed by atoms with Crippen LogP contribution in [0.3, 0.4) is 0 Å². The molecule has 1 aliphatic rings. The number of carboxylic acid groups (broad SMARTS) is 1. The average Bonchev–Trinajstić information content (AvgIpc) is 2.92. The van der Waals surface area contributed by atoms with Crippen LogP contribution in [-0.4, -0.2) is 34.4 Å². The lowest BCUT2D eigenvalue weighted by Crippen LogP contribution is -2.21. The molecule has 1 aromatic heterocycles. The van der Waals surface area contributed by atoms with E-state index in [0.717, 1.165) is 25.9 Å². The molecule has 0 atom stereocenters. The first-order valence-electron chi connectivity index (χ1n) is 6.21. The molecule has 3 rings (SSSR count). The van der Waals surface area contributed by atoms with Crippen LogP contribution in [0.2, 0.25) is 0 Å². The van der Waals surface area contributed by atoms with Crippen molar-refractivity contribution < 1.29 is 9.90 Å². The van der Waals surface area contributed by atoms with E-state index in [0.29, 0.717) is 22.4 Å². The number of carbonyl (C=O) groups is 1. The molecule has 1 aliphatic heterocycles. The molecule has 3 N–H and O–H groups in total. The largest absolute Gasteiger partial charge is 0.478 e. The summed E-state index contributed by atoms with van der Waals surface area (Å²) in [7, 11) is 0. The lowest BCUT2D eigenvalue weighted by atomic mass is 10.1. The Hall–Kier alpha value is -2.37. The number of aromatic carboxylic acids is 1. The summed E-state index contributed by atoms with van der Waals surface area (Å²) in [6.45, 7) is 1.84. The highest BCUT2D eigenvalue weighted by Gasteiger charge is 2.20. The van der Waals surface area contributed by atoms with Gasteiger partial charge in [-0.3, -0.25) is 0 Å². The number of fused-ring (bicyclic) bond motifs is 1. The molecular weight excluding hydrogens is 244 g/mol. The summed E-state index contributed by atoms with van der Waals surface area (Å²) >= 11 is 0. The second kappa shape index (κ2) is 4.38. The fourth-order valence-electron chi connectivity index (χ4n) is 2.48. The van der Waals surface area contributed by atoms with Gasteiger partial charge in [0.2, 0.25) is 0 Å². The summed E-state index contributed by atoms with van der Waals surface area (Å²) < 4.78 is 0. The molecule has 0 amide bonds. The third kappa shape index (κ3) is 1.85. The minimum Gasteiger partial charge on any atom is -0.478 e. The van der Waals surface area contributed by atoms with Crippen LogP contribution in [0.4, 0.5) is 11.5 Å². The van der Waals surface area contributed by atoms with Gasteiger partial charge in [-0.25, -0.2) is 4.79 Å². The van der Waals surface area contributed by atoms with Crippen molar-refractivity contribution in [3.8, 4) is 0 Å². The lowest BCUT2D eigenvalue weighted by Gasteiger charge is -2.18. The predicted molar refractivity (Wildman–Crippen MR) is 72.4 cm³/mol. The van der Waals surface area contributed by atoms with E-state index in [1.54, 1.807) is 12.1 Å². The number of benzene rings is 1. The smallest absolute Gasteiger partial charge is 0.337 e. The number of nitrogens with zero attached hydrogens (tertiary/aromatic N) is 3. The SMILES string of the molecule is Nc1c(N2CCCC2)nnc2c(C(=O)O)cccc12. The molecule has 1 saturated heterocycles. The van der Waals surface area contributed by atoms with Gasteiger partial charge in [0.15, 0.2) is 5.82 Å². The van der Waals surface area contributed by atoms with Crippen LogP contribution in [0, 0.1) is 0 Å². The molecule has 98 valence electrons. The van der Waals surface area contributed by atoms with Crippen LogP contribution >= 0.6 is 0 Å². The third-order valence-corrected chi connectivity index (χ3v) is 3.45. The van der Waals surface area contributed by atoms with E-state index in [4.69, 9.17) is 10.8 Å². The van der Waals surface area contributed by atoms with E-state index in [1.807, 2.05) is 0 Å². The molecule has 6 nitrogen and oxygen atoms in total. The van der Waals surface area contributed by atoms with Crippen LogP contribution < -0.4 is 10.6 Å². The summed E-state index contributed by atoms with van der Waals surface area (Å²) in [5, 5.41) is 18.0. The number of anilines is 2. The van der Waals surface area contributed by atoms with E-state index in [-0.39, 0.29) is 5.56 Å². The summed E-state index contributed by atoms with van der Waals surface area (Å²) in [5.74, 6) is -0.360. The highest BCUT2D eigenvalue weighted by molar-refractivity contribution is 6.06. The van der Waals surface area contributed by atoms with E-state index in [2.05, 4.69) is 15.1 Å². The summed E-state index contributed by atoms with van der Waals surface area (Å²) in [4.78, 5) is 13.2. The normalized spacial score (nSPS) is 15.1. The zero-order valence-electron chi connectivity index (χ0n) is 10.3. The van der Waals surface area contributed by atoms with Gasteiger partial charge in [-0.1, -0.05) is 12.1 Å². The second-order valence-electron chi connectivity index (χ2n) is 4.64. The first kappa shape index (κ1) is 11.7. The lowest BCUT2D eigenvalue weighted by molar-refractivity contribution is 0.0699. The van der Waals surface area contributed by atoms with Crippen molar-refractivity contribution in [2.45, 2.75) is 12.8 Å². The van der Waals surface area contributed by atoms with Crippen molar-refractivity contribution in [3.63, 3.8) is 0 Å². The summed E-state index contributed by atoms with van der Waals surface area (Å²) in [6.07, 6.45) is 2.24. The summed E-state index contributed by atoms with van der Waals surface area (Å²) in [6, 6.07) is 4.97. The van der Waals surface area contributed by atoms with E-state index >= 15 is 0 Å². The Labute approximate surface area is 109 Å². The highest BCUT2D eigenvalue weighted by atomic mass is 16.4. The van der Waals surface area contributed by atoms with Crippen molar-refractivity contribution in [1.29, 1.82) is 0 Å². The number of rotatable bonds is 2. The van der Waals surface area contributed by atoms with Gasteiger partial charge < -0.3 is 15.7 Å². The number of nitrogen functional groups attached to an aromatic ring is 1. The first-order valence-corrected chi connectivity index (χ1v) is 6.21. The zero-order chi connectivity index (χ0) is 13.4. The monoisotopic (exact) mass is 258 g/mol. The Morgan fingerprint density at radius 3 is 2.68 bits per heavy atom. The van der Waals surface area contributed by atoms with Gasteiger partial charge >= 0.3 is 5.97 Å². The van der Waals surface area contributed by atoms with Crippen molar-refractivity contribution in [2.24, 2.45) is 0 Å². The van der Waals surface area contributed by atoms with Gasteiger partial charge in [-0.05, 0) is 18.9 Å². The van der Waals surface area contributed by atoms with Crippen LogP contribution in [-0.2, 0) is 0 Å². The number of aromatic nitrogens is 2. The van der Waals surface area contributed by atoms with Crippen molar-refractivity contribution in [3.05, 3.63) is 23.8 Å². The van der Waals surface area contributed by atoms with Crippen molar-refractivity contribution in [1.82, 2.24) is 10.2 Å². The first-order chi connectivity index (χ1) is 9.18. The maximum Gasteiger partial charge on any atom is 0.337 e. The van der Waals surface area contributed by atoms with Gasteiger partial charge in [-0.2, -0.15) is 0 Å². The standard InChI is InChI=1S/C13H14N4O2/c14-10-8-4-3-5-9(13(18)19)11(8)15-16-12(10)17-6-1-2-7-17/h3-5H,1-2,6-7H2,(H2,14,15)(H,18,19). The van der Waals surface area contributed by atoms with Gasteiger partial charge in [-0.15, -0.1) is 10.2 Å². The maximum atomic E-state index is 11.1. The van der Waals surface area contributed by atoms with Crippen molar-refractivity contribution >= 4 is 28.4 Å². The fourth-order valence-corrected chi connectivity index (χ4v) is 2.48. The Balaban J connectivity index is 2.19. The topological polar surface area (TPSA) is 92.3 Å². The van der Waals surface area contributed by atoms with Gasteiger partial charge in [0.1, 0.15) is 5.52 Å². The number of carboxylic acids is 1. The molecule has 1 aromatic carbocycles. The van der Waals surface area contributed by atoms with Gasteiger partial charge in [0.05, 0.1) is 11.3 Å². The third-order valence-electron chi connectivity index (χ3n) is 3.45. The number of nitrogens with two attached hydrogens (primary N) is 1. The second-order valence-corrected chi connectivity index (χ2v) is 4.64. The molecule has 6 heteroatoms. The Bertz CT molecular complexity index is 650. The average molecular weight is 258 g/mol. The fraction of sp³-hybridized carbons (Fsp3) is 0.308. The minimum atomic E-state index is -1.02. The molecule has 0 aliphatic carbocycles. The number of hydrogen-bond donors (Lipinski definition) is 2. The van der Waals surface area contributed by atoms with Gasteiger partial charge in [0, 0.05) is 18.5 Å². The molecule has 19 heavy (non-hydrogen) atoms. The van der Waals surface area contributed by atoms with Crippen LogP contribution in [0.25, 0.3) is 10.9 Å². The maximum absolute atomic E-state index is 11.1. The minimum absolute atomic E-state index is 0.129. The van der Waals surface area contributed by atoms with E-state index < -0.39 is 5.97 Å².